The second-order valence-corrected chi connectivity index (χ2v) is 6.22. The molecule has 0 aliphatic heterocycles. The number of alkyl halides is 3. The second-order valence-electron chi connectivity index (χ2n) is 5.81. The summed E-state index contributed by atoms with van der Waals surface area (Å²) in [6, 6.07) is 3.04. The number of hydrogen-bond acceptors (Lipinski definition) is 5. The van der Waals surface area contributed by atoms with Gasteiger partial charge in [0, 0.05) is 17.2 Å². The summed E-state index contributed by atoms with van der Waals surface area (Å²) in [6.45, 7) is 1.20. The largest absolute Gasteiger partial charge is 0.481 e. The van der Waals surface area contributed by atoms with E-state index in [2.05, 4.69) is 0 Å². The monoisotopic (exact) mass is 432 g/mol. The number of hydrogen-bond donors (Lipinski definition) is 2. The van der Waals surface area contributed by atoms with Gasteiger partial charge in [0.05, 0.1) is 21.9 Å². The maximum Gasteiger partial charge on any atom is 0.416 e. The Hall–Kier alpha value is -3.34. The van der Waals surface area contributed by atoms with Crippen LogP contribution in [0.4, 0.5) is 18.9 Å². The van der Waals surface area contributed by atoms with Gasteiger partial charge in [-0.25, -0.2) is 0 Å². The zero-order valence-electron chi connectivity index (χ0n) is 14.5. The first-order valence-electron chi connectivity index (χ1n) is 7.70. The Labute approximate surface area is 165 Å². The van der Waals surface area contributed by atoms with Crippen molar-refractivity contribution in [2.45, 2.75) is 19.5 Å². The molecule has 0 spiro atoms. The van der Waals surface area contributed by atoms with Crippen LogP contribution in [0.1, 0.15) is 27.0 Å². The number of primary amides is 1. The number of carbonyl (C=O) groups is 2. The van der Waals surface area contributed by atoms with Gasteiger partial charge in [0.1, 0.15) is 17.1 Å². The minimum Gasteiger partial charge on any atom is -0.481 e. The molecule has 0 aliphatic rings. The smallest absolute Gasteiger partial charge is 0.416 e. The van der Waals surface area contributed by atoms with E-state index in [0.29, 0.717) is 12.1 Å². The number of ether oxygens (including phenoxy) is 1. The van der Waals surface area contributed by atoms with Crippen LogP contribution in [-0.4, -0.2) is 21.9 Å². The molecule has 0 aliphatic carbocycles. The number of nitro benzene ring substituents is 1. The summed E-state index contributed by atoms with van der Waals surface area (Å²) in [5, 5.41) is 20.0. The van der Waals surface area contributed by atoms with E-state index in [1.807, 2.05) is 0 Å². The molecule has 0 bridgehead atoms. The first kappa shape index (κ1) is 22.0. The van der Waals surface area contributed by atoms with Gasteiger partial charge in [0.15, 0.2) is 0 Å². The first-order valence-corrected chi connectivity index (χ1v) is 8.07. The predicted octanol–water partition coefficient (Wildman–Crippen LogP) is 4.09. The minimum absolute atomic E-state index is 0.162. The number of amides is 1. The van der Waals surface area contributed by atoms with Crippen molar-refractivity contribution in [2.24, 2.45) is 5.73 Å². The van der Waals surface area contributed by atoms with E-state index in [9.17, 15) is 32.9 Å². The number of rotatable bonds is 6. The molecular weight excluding hydrogens is 421 g/mol. The molecule has 154 valence electrons. The zero-order valence-corrected chi connectivity index (χ0v) is 15.3. The fourth-order valence-corrected chi connectivity index (χ4v) is 2.80. The van der Waals surface area contributed by atoms with E-state index in [1.54, 1.807) is 0 Å². The second kappa shape index (κ2) is 7.95. The van der Waals surface area contributed by atoms with Gasteiger partial charge in [-0.15, -0.1) is 0 Å². The van der Waals surface area contributed by atoms with Crippen molar-refractivity contribution in [3.05, 3.63) is 61.7 Å². The molecule has 2 aromatic carbocycles. The Bertz CT molecular complexity index is 1020. The number of carboxylic acids is 1. The highest BCUT2D eigenvalue weighted by Crippen LogP contribution is 2.40. The summed E-state index contributed by atoms with van der Waals surface area (Å²) in [6.07, 6.45) is -5.38. The number of nitrogens with two attached hydrogens (primary N) is 1. The highest BCUT2D eigenvalue weighted by atomic mass is 35.5. The molecule has 2 aromatic rings. The van der Waals surface area contributed by atoms with Crippen LogP contribution in [0.2, 0.25) is 5.02 Å². The highest BCUT2D eigenvalue weighted by molar-refractivity contribution is 6.32. The minimum atomic E-state index is -4.65. The van der Waals surface area contributed by atoms with E-state index in [1.165, 1.54) is 6.92 Å². The van der Waals surface area contributed by atoms with Gasteiger partial charge in [-0.3, -0.25) is 19.7 Å². The number of carboxylic acid groups (broad SMARTS) is 1. The van der Waals surface area contributed by atoms with Crippen LogP contribution in [0, 0.1) is 17.0 Å². The quantitative estimate of drug-likeness (QED) is 0.521. The highest BCUT2D eigenvalue weighted by Gasteiger charge is 2.32. The molecule has 0 saturated carbocycles. The van der Waals surface area contributed by atoms with Crippen molar-refractivity contribution < 1.29 is 37.5 Å². The third-order valence-electron chi connectivity index (χ3n) is 3.89. The van der Waals surface area contributed by atoms with E-state index in [-0.39, 0.29) is 22.6 Å². The lowest BCUT2D eigenvalue weighted by Gasteiger charge is -2.16. The number of nitrogens with zero attached hydrogens (tertiary/aromatic N) is 1. The average Bonchev–Trinajstić information content (AvgIpc) is 2.57. The molecule has 0 aromatic heterocycles. The molecular formula is C17H12ClF3N2O6. The number of aliphatic carboxylic acids is 1. The summed E-state index contributed by atoms with van der Waals surface area (Å²) < 4.78 is 43.7. The summed E-state index contributed by atoms with van der Waals surface area (Å²) in [5.74, 6) is -3.14. The Morgan fingerprint density at radius 3 is 2.34 bits per heavy atom. The van der Waals surface area contributed by atoms with Gasteiger partial charge >= 0.3 is 12.1 Å². The van der Waals surface area contributed by atoms with Crippen LogP contribution in [0.15, 0.2) is 24.3 Å². The lowest BCUT2D eigenvalue weighted by atomic mass is 9.98. The summed E-state index contributed by atoms with van der Waals surface area (Å²) >= 11 is 5.83. The van der Waals surface area contributed by atoms with Crippen LogP contribution < -0.4 is 10.5 Å². The summed E-state index contributed by atoms with van der Waals surface area (Å²) in [7, 11) is 0. The van der Waals surface area contributed by atoms with E-state index in [4.69, 9.17) is 27.2 Å². The first-order chi connectivity index (χ1) is 13.3. The Kier molecular flexibility index (Phi) is 6.02. The lowest BCUT2D eigenvalue weighted by molar-refractivity contribution is -0.385. The van der Waals surface area contributed by atoms with Gasteiger partial charge in [0.2, 0.25) is 0 Å². The molecule has 0 heterocycles. The van der Waals surface area contributed by atoms with Gasteiger partial charge in [0.25, 0.3) is 11.6 Å². The van der Waals surface area contributed by atoms with Crippen LogP contribution in [-0.2, 0) is 17.4 Å². The number of carbonyl (C=O) groups excluding carboxylic acids is 1. The summed E-state index contributed by atoms with van der Waals surface area (Å²) in [4.78, 5) is 33.2. The van der Waals surface area contributed by atoms with E-state index >= 15 is 0 Å². The third-order valence-corrected chi connectivity index (χ3v) is 4.19. The van der Waals surface area contributed by atoms with Crippen LogP contribution >= 0.6 is 11.6 Å². The molecule has 0 saturated heterocycles. The molecule has 12 heteroatoms. The van der Waals surface area contributed by atoms with Crippen molar-refractivity contribution in [1.29, 1.82) is 0 Å². The molecule has 2 rings (SSSR count). The number of nitro groups is 1. The van der Waals surface area contributed by atoms with Crippen LogP contribution in [0.3, 0.4) is 0 Å². The Morgan fingerprint density at radius 1 is 1.28 bits per heavy atom. The van der Waals surface area contributed by atoms with Gasteiger partial charge in [-0.1, -0.05) is 11.6 Å². The SMILES string of the molecule is Cc1c(CC(=O)O)c(Oc2ccc(C(F)(F)F)cc2Cl)cc(C(N)=O)c1[N+](=O)[O-]. The molecule has 0 unspecified atom stereocenters. The Balaban J connectivity index is 2.66. The van der Waals surface area contributed by atoms with Gasteiger partial charge < -0.3 is 15.6 Å². The average molecular weight is 433 g/mol. The number of halogens is 4. The third kappa shape index (κ3) is 4.74. The Morgan fingerprint density at radius 2 is 1.90 bits per heavy atom. The van der Waals surface area contributed by atoms with E-state index in [0.717, 1.165) is 12.1 Å². The van der Waals surface area contributed by atoms with Crippen molar-refractivity contribution in [1.82, 2.24) is 0 Å². The van der Waals surface area contributed by atoms with Crippen LogP contribution in [0.25, 0.3) is 0 Å². The molecule has 0 fully saturated rings. The van der Waals surface area contributed by atoms with Gasteiger partial charge in [-0.2, -0.15) is 13.2 Å². The van der Waals surface area contributed by atoms with Gasteiger partial charge in [-0.05, 0) is 25.1 Å². The van der Waals surface area contributed by atoms with Crippen molar-refractivity contribution in [2.75, 3.05) is 0 Å². The summed E-state index contributed by atoms with van der Waals surface area (Å²) in [5.41, 5.74) is 2.52. The molecule has 29 heavy (non-hydrogen) atoms. The normalized spacial score (nSPS) is 11.2. The van der Waals surface area contributed by atoms with Crippen molar-refractivity contribution in [3.63, 3.8) is 0 Å². The lowest BCUT2D eigenvalue weighted by Crippen LogP contribution is -2.16. The van der Waals surface area contributed by atoms with Crippen LogP contribution in [0.5, 0.6) is 11.5 Å². The molecule has 0 atom stereocenters. The van der Waals surface area contributed by atoms with Crippen molar-refractivity contribution >= 4 is 29.2 Å². The fourth-order valence-electron chi connectivity index (χ4n) is 2.58. The molecule has 8 nitrogen and oxygen atoms in total. The molecule has 3 N–H and O–H groups in total. The van der Waals surface area contributed by atoms with Crippen molar-refractivity contribution in [3.8, 4) is 11.5 Å². The maximum absolute atomic E-state index is 12.8. The topological polar surface area (TPSA) is 133 Å². The fraction of sp³-hybridized carbons (Fsp3) is 0.176. The zero-order chi connectivity index (χ0) is 22.1. The number of benzene rings is 2. The molecule has 0 radical (unpaired) electrons. The predicted molar refractivity (Wildman–Crippen MR) is 94.2 cm³/mol. The maximum atomic E-state index is 12.8. The standard InChI is InChI=1S/C17H12ClF3N2O6/c1-7-9(6-14(24)25)13(5-10(16(22)26)15(7)23(27)28)29-12-3-2-8(4-11(12)18)17(19,20)21/h2-5H,6H2,1H3,(H2,22,26)(H,24,25). The van der Waals surface area contributed by atoms with E-state index < -0.39 is 51.2 Å². The molecule has 1 amide bonds.